The van der Waals surface area contributed by atoms with Crippen LogP contribution in [0.25, 0.3) is 11.2 Å². The van der Waals surface area contributed by atoms with Crippen LogP contribution in [0, 0.1) is 0 Å². The molecular weight excluding hydrogens is 370 g/mol. The molecule has 0 spiro atoms. The SMILES string of the molecule is Nc1ncnc2c1ncn2CCOCC1OCCC(c2cccc(Cl)c2)O1. The molecule has 9 heteroatoms. The van der Waals surface area contributed by atoms with E-state index in [0.717, 1.165) is 12.0 Å². The van der Waals surface area contributed by atoms with Crippen LogP contribution in [0.1, 0.15) is 18.1 Å². The molecule has 27 heavy (non-hydrogen) atoms. The Labute approximate surface area is 161 Å². The number of nitrogens with two attached hydrogens (primary N) is 1. The molecule has 0 bridgehead atoms. The maximum atomic E-state index is 6.07. The third-order valence-electron chi connectivity index (χ3n) is 4.38. The summed E-state index contributed by atoms with van der Waals surface area (Å²) in [6.07, 6.45) is 3.46. The van der Waals surface area contributed by atoms with Gasteiger partial charge in [-0.1, -0.05) is 23.7 Å². The van der Waals surface area contributed by atoms with Crippen molar-refractivity contribution in [3.05, 3.63) is 47.5 Å². The van der Waals surface area contributed by atoms with Gasteiger partial charge in [-0.2, -0.15) is 0 Å². The number of anilines is 1. The monoisotopic (exact) mass is 389 g/mol. The van der Waals surface area contributed by atoms with Crippen LogP contribution in [0.2, 0.25) is 5.02 Å². The van der Waals surface area contributed by atoms with E-state index in [-0.39, 0.29) is 6.10 Å². The van der Waals surface area contributed by atoms with Crippen molar-refractivity contribution in [2.24, 2.45) is 0 Å². The second-order valence-corrected chi connectivity index (χ2v) is 6.65. The molecule has 0 amide bonds. The van der Waals surface area contributed by atoms with Crippen molar-refractivity contribution < 1.29 is 14.2 Å². The number of nitrogens with zero attached hydrogens (tertiary/aromatic N) is 4. The van der Waals surface area contributed by atoms with Crippen molar-refractivity contribution in [3.8, 4) is 0 Å². The molecule has 3 aromatic rings. The van der Waals surface area contributed by atoms with Gasteiger partial charge in [0.1, 0.15) is 11.8 Å². The third kappa shape index (κ3) is 4.19. The van der Waals surface area contributed by atoms with Gasteiger partial charge in [0, 0.05) is 18.0 Å². The number of rotatable bonds is 6. The Balaban J connectivity index is 1.28. The Kier molecular flexibility index (Phi) is 5.49. The molecule has 8 nitrogen and oxygen atoms in total. The zero-order valence-electron chi connectivity index (χ0n) is 14.6. The topological polar surface area (TPSA) is 97.3 Å². The first-order chi connectivity index (χ1) is 13.2. The smallest absolute Gasteiger partial charge is 0.181 e. The van der Waals surface area contributed by atoms with E-state index in [9.17, 15) is 0 Å². The van der Waals surface area contributed by atoms with E-state index >= 15 is 0 Å². The van der Waals surface area contributed by atoms with E-state index in [2.05, 4.69) is 15.0 Å². The molecule has 2 aromatic heterocycles. The van der Waals surface area contributed by atoms with Gasteiger partial charge in [0.25, 0.3) is 0 Å². The molecule has 1 aromatic carbocycles. The van der Waals surface area contributed by atoms with E-state index in [0.29, 0.717) is 48.4 Å². The highest BCUT2D eigenvalue weighted by Gasteiger charge is 2.24. The number of benzene rings is 1. The average Bonchev–Trinajstić information content (AvgIpc) is 3.10. The zero-order chi connectivity index (χ0) is 18.6. The first-order valence-electron chi connectivity index (χ1n) is 8.72. The van der Waals surface area contributed by atoms with Crippen molar-refractivity contribution >= 4 is 28.6 Å². The Bertz CT molecular complexity index is 919. The lowest BCUT2D eigenvalue weighted by Gasteiger charge is -2.30. The normalized spacial score (nSPS) is 20.2. The standard InChI is InChI=1S/C18H20ClN5O3/c19-13-3-1-2-12(8-13)14-4-6-26-15(27-14)9-25-7-5-24-11-23-16-17(20)21-10-22-18(16)24/h1-3,8,10-11,14-15H,4-7,9H2,(H2,20,21,22). The molecule has 1 fully saturated rings. The van der Waals surface area contributed by atoms with Gasteiger partial charge in [-0.3, -0.25) is 0 Å². The number of ether oxygens (including phenoxy) is 3. The predicted molar refractivity (Wildman–Crippen MR) is 100 cm³/mol. The van der Waals surface area contributed by atoms with Crippen molar-refractivity contribution in [1.82, 2.24) is 19.5 Å². The summed E-state index contributed by atoms with van der Waals surface area (Å²) in [5.41, 5.74) is 8.14. The minimum atomic E-state index is -0.403. The number of halogens is 1. The molecule has 1 aliphatic rings. The Hall–Kier alpha value is -2.26. The number of fused-ring (bicyclic) bond motifs is 1. The van der Waals surface area contributed by atoms with Crippen molar-refractivity contribution in [2.75, 3.05) is 25.6 Å². The third-order valence-corrected chi connectivity index (χ3v) is 4.62. The summed E-state index contributed by atoms with van der Waals surface area (Å²) in [7, 11) is 0. The van der Waals surface area contributed by atoms with Crippen LogP contribution in [0.15, 0.2) is 36.9 Å². The van der Waals surface area contributed by atoms with Crippen LogP contribution in [0.3, 0.4) is 0 Å². The zero-order valence-corrected chi connectivity index (χ0v) is 15.4. The van der Waals surface area contributed by atoms with Crippen LogP contribution in [0.4, 0.5) is 5.82 Å². The predicted octanol–water partition coefficient (Wildman–Crippen LogP) is 2.58. The van der Waals surface area contributed by atoms with Gasteiger partial charge in [0.05, 0.1) is 32.3 Å². The maximum absolute atomic E-state index is 6.07. The summed E-state index contributed by atoms with van der Waals surface area (Å²) < 4.78 is 19.2. The van der Waals surface area contributed by atoms with Gasteiger partial charge < -0.3 is 24.5 Å². The van der Waals surface area contributed by atoms with Gasteiger partial charge in [0.15, 0.2) is 17.8 Å². The largest absolute Gasteiger partial charge is 0.382 e. The number of nitrogen functional groups attached to an aromatic ring is 1. The van der Waals surface area contributed by atoms with Gasteiger partial charge in [-0.15, -0.1) is 0 Å². The molecular formula is C18H20ClN5O3. The highest BCUT2D eigenvalue weighted by Crippen LogP contribution is 2.29. The maximum Gasteiger partial charge on any atom is 0.181 e. The summed E-state index contributed by atoms with van der Waals surface area (Å²) >= 11 is 6.07. The highest BCUT2D eigenvalue weighted by atomic mass is 35.5. The van der Waals surface area contributed by atoms with Crippen molar-refractivity contribution in [1.29, 1.82) is 0 Å². The summed E-state index contributed by atoms with van der Waals surface area (Å²) in [5.74, 6) is 0.371. The lowest BCUT2D eigenvalue weighted by atomic mass is 10.1. The fraction of sp³-hybridized carbons (Fsp3) is 0.389. The molecule has 142 valence electrons. The van der Waals surface area contributed by atoms with Crippen LogP contribution >= 0.6 is 11.6 Å². The van der Waals surface area contributed by atoms with Crippen LogP contribution in [-0.4, -0.2) is 45.6 Å². The fourth-order valence-corrected chi connectivity index (χ4v) is 3.24. The number of hydrogen-bond acceptors (Lipinski definition) is 7. The molecule has 4 rings (SSSR count). The lowest BCUT2D eigenvalue weighted by Crippen LogP contribution is -2.31. The van der Waals surface area contributed by atoms with Crippen LogP contribution in [-0.2, 0) is 20.8 Å². The molecule has 2 unspecified atom stereocenters. The molecule has 1 saturated heterocycles. The molecule has 2 N–H and O–H groups in total. The summed E-state index contributed by atoms with van der Waals surface area (Å²) in [4.78, 5) is 12.4. The Morgan fingerprint density at radius 1 is 1.30 bits per heavy atom. The Morgan fingerprint density at radius 3 is 3.11 bits per heavy atom. The van der Waals surface area contributed by atoms with Crippen LogP contribution in [0.5, 0.6) is 0 Å². The van der Waals surface area contributed by atoms with E-state index in [1.165, 1.54) is 6.33 Å². The van der Waals surface area contributed by atoms with Gasteiger partial charge in [0.2, 0.25) is 0 Å². The number of aromatic nitrogens is 4. The number of imidazole rings is 1. The molecule has 0 aliphatic carbocycles. The van der Waals surface area contributed by atoms with E-state index in [4.69, 9.17) is 31.5 Å². The second-order valence-electron chi connectivity index (χ2n) is 6.21. The minimum Gasteiger partial charge on any atom is -0.382 e. The number of hydrogen-bond donors (Lipinski definition) is 1. The van der Waals surface area contributed by atoms with Crippen molar-refractivity contribution in [3.63, 3.8) is 0 Å². The average molecular weight is 390 g/mol. The molecule has 2 atom stereocenters. The van der Waals surface area contributed by atoms with E-state index in [1.807, 2.05) is 28.8 Å². The second kappa shape index (κ2) is 8.18. The summed E-state index contributed by atoms with van der Waals surface area (Å²) in [6, 6.07) is 7.71. The van der Waals surface area contributed by atoms with Crippen LogP contribution < -0.4 is 5.73 Å². The van der Waals surface area contributed by atoms with E-state index in [1.54, 1.807) is 6.33 Å². The quantitative estimate of drug-likeness (QED) is 0.647. The first kappa shape index (κ1) is 18.1. The highest BCUT2D eigenvalue weighted by molar-refractivity contribution is 6.30. The van der Waals surface area contributed by atoms with E-state index < -0.39 is 6.29 Å². The van der Waals surface area contributed by atoms with Crippen molar-refractivity contribution in [2.45, 2.75) is 25.4 Å². The molecule has 0 radical (unpaired) electrons. The lowest BCUT2D eigenvalue weighted by molar-refractivity contribution is -0.234. The van der Waals surface area contributed by atoms with Gasteiger partial charge >= 0.3 is 0 Å². The Morgan fingerprint density at radius 2 is 2.22 bits per heavy atom. The fourth-order valence-electron chi connectivity index (χ4n) is 3.04. The summed E-state index contributed by atoms with van der Waals surface area (Å²) in [6.45, 7) is 2.03. The van der Waals surface area contributed by atoms with Gasteiger partial charge in [-0.25, -0.2) is 15.0 Å². The van der Waals surface area contributed by atoms with Gasteiger partial charge in [-0.05, 0) is 17.7 Å². The molecule has 1 aliphatic heterocycles. The molecule has 0 saturated carbocycles. The molecule has 3 heterocycles. The summed E-state index contributed by atoms with van der Waals surface area (Å²) in [5, 5.41) is 0.701. The minimum absolute atomic E-state index is 0.0386. The first-order valence-corrected chi connectivity index (χ1v) is 9.10.